The Morgan fingerprint density at radius 3 is 2.21 bits per heavy atom. The number of carbonyl (C=O) groups is 2. The van der Waals surface area contributed by atoms with Gasteiger partial charge in [-0.15, -0.1) is 10.2 Å². The Labute approximate surface area is 163 Å². The summed E-state index contributed by atoms with van der Waals surface area (Å²) in [4.78, 5) is 24.4. The lowest BCUT2D eigenvalue weighted by Gasteiger charge is -2.09. The first-order valence-electron chi connectivity index (χ1n) is 8.23. The summed E-state index contributed by atoms with van der Waals surface area (Å²) >= 11 is 0. The molecule has 0 atom stereocenters. The summed E-state index contributed by atoms with van der Waals surface area (Å²) in [7, 11) is 0. The van der Waals surface area contributed by atoms with Crippen LogP contribution >= 0.6 is 0 Å². The van der Waals surface area contributed by atoms with Gasteiger partial charge in [0.25, 0.3) is 0 Å². The van der Waals surface area contributed by atoms with Crippen LogP contribution in [0.4, 0.5) is 0 Å². The first-order chi connectivity index (χ1) is 14.2. The van der Waals surface area contributed by atoms with Crippen LogP contribution in [-0.4, -0.2) is 33.0 Å². The molecule has 0 spiro atoms. The topological polar surface area (TPSA) is 122 Å². The van der Waals surface area contributed by atoms with Gasteiger partial charge in [-0.2, -0.15) is 5.10 Å². The number of hydrogen-bond donors (Lipinski definition) is 0. The smallest absolute Gasteiger partial charge is 0.379 e. The van der Waals surface area contributed by atoms with Crippen LogP contribution in [0.25, 0.3) is 0 Å². The van der Waals surface area contributed by atoms with Crippen molar-refractivity contribution >= 4 is 18.2 Å². The molecule has 0 unspecified atom stereocenters. The molecule has 0 bridgehead atoms. The molecular weight excluding hydrogens is 380 g/mol. The first kappa shape index (κ1) is 17.9. The molecule has 0 amide bonds. The van der Waals surface area contributed by atoms with E-state index >= 15 is 0 Å². The van der Waals surface area contributed by atoms with Gasteiger partial charge in [-0.25, -0.2) is 14.3 Å². The van der Waals surface area contributed by atoms with Gasteiger partial charge in [-0.3, -0.25) is 0 Å². The van der Waals surface area contributed by atoms with Crippen molar-refractivity contribution in [3.05, 3.63) is 84.7 Å². The van der Waals surface area contributed by atoms with Crippen LogP contribution in [0.1, 0.15) is 26.7 Å². The van der Waals surface area contributed by atoms with Crippen LogP contribution in [0.2, 0.25) is 0 Å². The largest absolute Gasteiger partial charge is 0.457 e. The molecule has 4 aromatic rings. The normalized spacial score (nSPS) is 10.9. The van der Waals surface area contributed by atoms with Crippen molar-refractivity contribution in [3.63, 3.8) is 0 Å². The van der Waals surface area contributed by atoms with Crippen molar-refractivity contribution in [1.29, 1.82) is 0 Å². The average Bonchev–Trinajstić information content (AvgIpc) is 3.51. The third-order valence-corrected chi connectivity index (χ3v) is 3.58. The second-order valence-corrected chi connectivity index (χ2v) is 5.52. The second kappa shape index (κ2) is 8.05. The molecule has 1 aromatic carbocycles. The van der Waals surface area contributed by atoms with Gasteiger partial charge in [-0.05, 0) is 36.4 Å². The standard InChI is InChI=1S/C19H12N4O6/c24-18(15-3-1-7-26-15)28-14-6-5-13(10-22-23-11-20-21-12-23)17(9-14)29-19(25)16-4-2-8-27-16/h1-12H/b22-10+. The molecule has 0 aliphatic rings. The molecule has 0 radical (unpaired) electrons. The number of hydrogen-bond acceptors (Lipinski definition) is 9. The maximum absolute atomic E-state index is 12.3. The lowest BCUT2D eigenvalue weighted by atomic mass is 10.2. The van der Waals surface area contributed by atoms with Gasteiger partial charge in [0, 0.05) is 11.6 Å². The maximum Gasteiger partial charge on any atom is 0.379 e. The summed E-state index contributed by atoms with van der Waals surface area (Å²) in [5.41, 5.74) is 0.441. The fraction of sp³-hybridized carbons (Fsp3) is 0. The van der Waals surface area contributed by atoms with E-state index in [0.717, 1.165) is 0 Å². The van der Waals surface area contributed by atoms with Gasteiger partial charge in [0.15, 0.2) is 0 Å². The first-order valence-corrected chi connectivity index (χ1v) is 8.23. The molecule has 4 rings (SSSR count). The van der Waals surface area contributed by atoms with Gasteiger partial charge in [0.1, 0.15) is 24.2 Å². The van der Waals surface area contributed by atoms with Gasteiger partial charge >= 0.3 is 11.9 Å². The van der Waals surface area contributed by atoms with Gasteiger partial charge < -0.3 is 18.3 Å². The Morgan fingerprint density at radius 2 is 1.59 bits per heavy atom. The SMILES string of the molecule is O=C(Oc1ccc(/C=N/n2cnnc2)c(OC(=O)c2ccco2)c1)c1ccco1. The van der Waals surface area contributed by atoms with Gasteiger partial charge in [-0.1, -0.05) is 0 Å². The Balaban J connectivity index is 1.61. The van der Waals surface area contributed by atoms with E-state index in [4.69, 9.17) is 18.3 Å². The summed E-state index contributed by atoms with van der Waals surface area (Å²) in [5, 5.41) is 11.4. The molecule has 0 fully saturated rings. The molecule has 0 aliphatic carbocycles. The van der Waals surface area contributed by atoms with Gasteiger partial charge in [0.2, 0.25) is 11.5 Å². The maximum atomic E-state index is 12.3. The lowest BCUT2D eigenvalue weighted by molar-refractivity contribution is 0.0698. The number of rotatable bonds is 6. The zero-order valence-electron chi connectivity index (χ0n) is 14.7. The molecule has 0 aliphatic heterocycles. The number of benzene rings is 1. The van der Waals surface area contributed by atoms with Crippen LogP contribution in [0.5, 0.6) is 11.5 Å². The molecule has 3 heterocycles. The Morgan fingerprint density at radius 1 is 0.931 bits per heavy atom. The number of ether oxygens (including phenoxy) is 2. The zero-order chi connectivity index (χ0) is 20.1. The number of furan rings is 2. The highest BCUT2D eigenvalue weighted by Gasteiger charge is 2.17. The van der Waals surface area contributed by atoms with E-state index < -0.39 is 11.9 Å². The van der Waals surface area contributed by atoms with E-state index in [0.29, 0.717) is 5.56 Å². The van der Waals surface area contributed by atoms with E-state index in [-0.39, 0.29) is 23.0 Å². The van der Waals surface area contributed by atoms with E-state index in [1.54, 1.807) is 18.2 Å². The Kier molecular flexibility index (Phi) is 4.97. The van der Waals surface area contributed by atoms with Crippen molar-refractivity contribution in [2.24, 2.45) is 5.10 Å². The molecule has 10 nitrogen and oxygen atoms in total. The van der Waals surface area contributed by atoms with Crippen molar-refractivity contribution in [2.45, 2.75) is 0 Å². The highest BCUT2D eigenvalue weighted by molar-refractivity contribution is 5.92. The Bertz CT molecular complexity index is 1130. The number of carbonyl (C=O) groups excluding carboxylic acids is 2. The monoisotopic (exact) mass is 392 g/mol. The molecule has 144 valence electrons. The lowest BCUT2D eigenvalue weighted by Crippen LogP contribution is -2.10. The predicted octanol–water partition coefficient (Wildman–Crippen LogP) is 2.78. The Hall–Kier alpha value is -4.47. The molecule has 10 heteroatoms. The van der Waals surface area contributed by atoms with E-state index in [2.05, 4.69) is 15.3 Å². The van der Waals surface area contributed by atoms with Crippen LogP contribution in [0.3, 0.4) is 0 Å². The quantitative estimate of drug-likeness (QED) is 0.279. The van der Waals surface area contributed by atoms with E-state index in [1.165, 1.54) is 60.3 Å². The molecule has 3 aromatic heterocycles. The highest BCUT2D eigenvalue weighted by Crippen LogP contribution is 2.26. The van der Waals surface area contributed by atoms with Crippen molar-refractivity contribution < 1.29 is 27.9 Å². The van der Waals surface area contributed by atoms with Crippen LogP contribution in [0, 0.1) is 0 Å². The zero-order valence-corrected chi connectivity index (χ0v) is 14.7. The minimum atomic E-state index is -0.719. The summed E-state index contributed by atoms with van der Waals surface area (Å²) in [5.74, 6) is -1.10. The van der Waals surface area contributed by atoms with Crippen molar-refractivity contribution in [3.8, 4) is 11.5 Å². The van der Waals surface area contributed by atoms with E-state index in [9.17, 15) is 9.59 Å². The van der Waals surface area contributed by atoms with Crippen LogP contribution in [0.15, 0.2) is 81.6 Å². The van der Waals surface area contributed by atoms with Crippen LogP contribution in [-0.2, 0) is 0 Å². The summed E-state index contributed by atoms with van der Waals surface area (Å²) in [6, 6.07) is 10.6. The third kappa shape index (κ3) is 4.27. The molecule has 0 saturated heterocycles. The minimum Gasteiger partial charge on any atom is -0.457 e. The second-order valence-electron chi connectivity index (χ2n) is 5.52. The summed E-state index contributed by atoms with van der Waals surface area (Å²) < 4.78 is 22.1. The molecular formula is C19H12N4O6. The highest BCUT2D eigenvalue weighted by atomic mass is 16.6. The third-order valence-electron chi connectivity index (χ3n) is 3.58. The summed E-state index contributed by atoms with van der Waals surface area (Å²) in [6.45, 7) is 0. The minimum absolute atomic E-state index is 0.0182. The van der Waals surface area contributed by atoms with Crippen LogP contribution < -0.4 is 9.47 Å². The van der Waals surface area contributed by atoms with Gasteiger partial charge in [0.05, 0.1) is 18.7 Å². The van der Waals surface area contributed by atoms with Crippen molar-refractivity contribution in [1.82, 2.24) is 14.9 Å². The average molecular weight is 392 g/mol. The number of esters is 2. The number of aromatic nitrogens is 3. The fourth-order valence-electron chi connectivity index (χ4n) is 2.25. The number of nitrogens with zero attached hydrogens (tertiary/aromatic N) is 4. The van der Waals surface area contributed by atoms with E-state index in [1.807, 2.05) is 0 Å². The molecule has 0 N–H and O–H groups in total. The fourth-order valence-corrected chi connectivity index (χ4v) is 2.25. The molecule has 0 saturated carbocycles. The molecule has 29 heavy (non-hydrogen) atoms. The van der Waals surface area contributed by atoms with Crippen molar-refractivity contribution in [2.75, 3.05) is 0 Å². The predicted molar refractivity (Wildman–Crippen MR) is 96.8 cm³/mol. The summed E-state index contributed by atoms with van der Waals surface area (Å²) in [6.07, 6.45) is 6.94.